The zero-order chi connectivity index (χ0) is 9.97. The number of alkyl halides is 1. The van der Waals surface area contributed by atoms with E-state index in [0.717, 1.165) is 16.5 Å². The van der Waals surface area contributed by atoms with Gasteiger partial charge in [0.05, 0.1) is 12.4 Å². The number of rotatable bonds is 3. The lowest BCUT2D eigenvalue weighted by atomic mass is 10.1. The van der Waals surface area contributed by atoms with Gasteiger partial charge in [-0.1, -0.05) is 18.2 Å². The normalized spacial score (nSPS) is 13.3. The molecule has 14 heavy (non-hydrogen) atoms. The van der Waals surface area contributed by atoms with Gasteiger partial charge in [0.1, 0.15) is 5.58 Å². The summed E-state index contributed by atoms with van der Waals surface area (Å²) in [4.78, 5) is 0. The highest BCUT2D eigenvalue weighted by Crippen LogP contribution is 2.21. The summed E-state index contributed by atoms with van der Waals surface area (Å²) in [6, 6.07) is 7.77. The molecule has 0 saturated heterocycles. The number of fused-ring (bicyclic) bond motifs is 1. The van der Waals surface area contributed by atoms with E-state index in [2.05, 4.69) is 0 Å². The molecule has 0 fully saturated rings. The summed E-state index contributed by atoms with van der Waals surface area (Å²) in [5.41, 5.74) is 1.86. The fraction of sp³-hybridized carbons (Fsp3) is 0.273. The van der Waals surface area contributed by atoms with E-state index in [4.69, 9.17) is 16.0 Å². The van der Waals surface area contributed by atoms with Crippen molar-refractivity contribution in [2.45, 2.75) is 12.5 Å². The van der Waals surface area contributed by atoms with Crippen LogP contribution in [-0.2, 0) is 6.42 Å². The predicted molar refractivity (Wildman–Crippen MR) is 56.6 cm³/mol. The lowest BCUT2D eigenvalue weighted by Gasteiger charge is -2.03. The Labute approximate surface area is 87.1 Å². The summed E-state index contributed by atoms with van der Waals surface area (Å²) in [6.07, 6.45) is 1.72. The highest BCUT2D eigenvalue weighted by molar-refractivity contribution is 6.18. The molecule has 3 heteroatoms. The van der Waals surface area contributed by atoms with Crippen LogP contribution in [0.3, 0.4) is 0 Å². The second kappa shape index (κ2) is 4.03. The first-order chi connectivity index (χ1) is 6.81. The fourth-order valence-corrected chi connectivity index (χ4v) is 1.61. The van der Waals surface area contributed by atoms with Crippen LogP contribution in [0.25, 0.3) is 11.0 Å². The van der Waals surface area contributed by atoms with E-state index in [1.54, 1.807) is 6.26 Å². The van der Waals surface area contributed by atoms with Gasteiger partial charge in [0.25, 0.3) is 0 Å². The van der Waals surface area contributed by atoms with Crippen LogP contribution in [0.4, 0.5) is 0 Å². The largest absolute Gasteiger partial charge is 0.464 e. The van der Waals surface area contributed by atoms with Crippen molar-refractivity contribution < 1.29 is 9.52 Å². The summed E-state index contributed by atoms with van der Waals surface area (Å²) in [5.74, 6) is 0.250. The molecule has 2 aromatic rings. The summed E-state index contributed by atoms with van der Waals surface area (Å²) in [6.45, 7) is 0. The Balaban J connectivity index is 2.33. The van der Waals surface area contributed by atoms with Crippen LogP contribution in [0.1, 0.15) is 5.56 Å². The molecule has 1 aromatic heterocycles. The Hall–Kier alpha value is -0.990. The Morgan fingerprint density at radius 2 is 2.14 bits per heavy atom. The fourth-order valence-electron chi connectivity index (χ4n) is 1.50. The van der Waals surface area contributed by atoms with Crippen molar-refractivity contribution in [3.63, 3.8) is 0 Å². The van der Waals surface area contributed by atoms with Crippen LogP contribution < -0.4 is 0 Å². The minimum atomic E-state index is -0.502. The molecule has 0 bridgehead atoms. The molecule has 0 radical (unpaired) electrons. The van der Waals surface area contributed by atoms with Crippen LogP contribution in [0.2, 0.25) is 0 Å². The molecule has 0 aliphatic carbocycles. The highest BCUT2D eigenvalue weighted by Gasteiger charge is 2.09. The maximum Gasteiger partial charge on any atom is 0.134 e. The topological polar surface area (TPSA) is 33.4 Å². The monoisotopic (exact) mass is 210 g/mol. The van der Waals surface area contributed by atoms with Gasteiger partial charge in [0, 0.05) is 23.3 Å². The lowest BCUT2D eigenvalue weighted by Crippen LogP contribution is -2.11. The van der Waals surface area contributed by atoms with Gasteiger partial charge in [-0.15, -0.1) is 11.6 Å². The molecule has 1 heterocycles. The van der Waals surface area contributed by atoms with Crippen LogP contribution in [0, 0.1) is 0 Å². The van der Waals surface area contributed by atoms with Gasteiger partial charge in [0.15, 0.2) is 0 Å². The minimum absolute atomic E-state index is 0.250. The Morgan fingerprint density at radius 1 is 1.36 bits per heavy atom. The highest BCUT2D eigenvalue weighted by atomic mass is 35.5. The summed E-state index contributed by atoms with van der Waals surface area (Å²) in [5, 5.41) is 10.5. The smallest absolute Gasteiger partial charge is 0.134 e. The number of furan rings is 1. The molecule has 2 nitrogen and oxygen atoms in total. The maximum absolute atomic E-state index is 9.42. The molecule has 2 rings (SSSR count). The van der Waals surface area contributed by atoms with Crippen molar-refractivity contribution in [3.8, 4) is 0 Å². The number of hydrogen-bond donors (Lipinski definition) is 1. The maximum atomic E-state index is 9.42. The first-order valence-corrected chi connectivity index (χ1v) is 5.04. The van der Waals surface area contributed by atoms with E-state index in [1.807, 2.05) is 24.3 Å². The lowest BCUT2D eigenvalue weighted by molar-refractivity contribution is 0.199. The predicted octanol–water partition coefficient (Wildman–Crippen LogP) is 2.58. The Bertz CT molecular complexity index is 422. The molecular formula is C11H11ClO2. The van der Waals surface area contributed by atoms with Crippen molar-refractivity contribution in [3.05, 3.63) is 36.1 Å². The van der Waals surface area contributed by atoms with E-state index in [1.165, 1.54) is 0 Å². The van der Waals surface area contributed by atoms with Crippen molar-refractivity contribution in [2.75, 3.05) is 5.88 Å². The molecular weight excluding hydrogens is 200 g/mol. The number of halogens is 1. The summed E-state index contributed by atoms with van der Waals surface area (Å²) >= 11 is 5.54. The molecule has 1 aromatic carbocycles. The zero-order valence-corrected chi connectivity index (χ0v) is 8.37. The quantitative estimate of drug-likeness (QED) is 0.790. The van der Waals surface area contributed by atoms with Crippen molar-refractivity contribution in [1.82, 2.24) is 0 Å². The molecule has 74 valence electrons. The third-order valence-corrected chi connectivity index (χ3v) is 2.55. The third kappa shape index (κ3) is 1.76. The second-order valence-electron chi connectivity index (χ2n) is 3.27. The van der Waals surface area contributed by atoms with Gasteiger partial charge < -0.3 is 9.52 Å². The average molecular weight is 211 g/mol. The van der Waals surface area contributed by atoms with E-state index in [-0.39, 0.29) is 5.88 Å². The number of aliphatic hydroxyl groups is 1. The molecule has 0 amide bonds. The average Bonchev–Trinajstić information content (AvgIpc) is 2.62. The molecule has 0 spiro atoms. The van der Waals surface area contributed by atoms with E-state index in [9.17, 15) is 5.11 Å². The van der Waals surface area contributed by atoms with Crippen molar-refractivity contribution in [2.24, 2.45) is 0 Å². The van der Waals surface area contributed by atoms with Crippen LogP contribution in [0.15, 0.2) is 34.9 Å². The number of benzene rings is 1. The van der Waals surface area contributed by atoms with Crippen LogP contribution in [0.5, 0.6) is 0 Å². The standard InChI is InChI=1S/C11H11ClO2/c12-6-9(13)5-8-7-14-11-4-2-1-3-10(8)11/h1-4,7,9,13H,5-6H2. The molecule has 1 unspecified atom stereocenters. The number of para-hydroxylation sites is 1. The Kier molecular flexibility index (Phi) is 2.75. The third-order valence-electron chi connectivity index (χ3n) is 2.19. The summed E-state index contributed by atoms with van der Waals surface area (Å²) in [7, 11) is 0. The molecule has 1 N–H and O–H groups in total. The summed E-state index contributed by atoms with van der Waals surface area (Å²) < 4.78 is 5.34. The van der Waals surface area contributed by atoms with Gasteiger partial charge in [-0.3, -0.25) is 0 Å². The van der Waals surface area contributed by atoms with E-state index in [0.29, 0.717) is 6.42 Å². The molecule has 0 saturated carbocycles. The second-order valence-corrected chi connectivity index (χ2v) is 3.58. The number of aliphatic hydroxyl groups excluding tert-OH is 1. The molecule has 0 aliphatic rings. The van der Waals surface area contributed by atoms with Gasteiger partial charge in [0.2, 0.25) is 0 Å². The van der Waals surface area contributed by atoms with Gasteiger partial charge in [-0.2, -0.15) is 0 Å². The van der Waals surface area contributed by atoms with Crippen molar-refractivity contribution >= 4 is 22.6 Å². The van der Waals surface area contributed by atoms with E-state index >= 15 is 0 Å². The van der Waals surface area contributed by atoms with Crippen LogP contribution >= 0.6 is 11.6 Å². The van der Waals surface area contributed by atoms with Crippen molar-refractivity contribution in [1.29, 1.82) is 0 Å². The minimum Gasteiger partial charge on any atom is -0.464 e. The molecule has 0 aliphatic heterocycles. The van der Waals surface area contributed by atoms with Crippen LogP contribution in [-0.4, -0.2) is 17.1 Å². The Morgan fingerprint density at radius 3 is 2.93 bits per heavy atom. The first-order valence-electron chi connectivity index (χ1n) is 4.50. The van der Waals surface area contributed by atoms with Gasteiger partial charge in [-0.05, 0) is 6.07 Å². The first kappa shape index (κ1) is 9.56. The number of hydrogen-bond acceptors (Lipinski definition) is 2. The molecule has 1 atom stereocenters. The zero-order valence-electron chi connectivity index (χ0n) is 7.61. The van der Waals surface area contributed by atoms with Gasteiger partial charge in [-0.25, -0.2) is 0 Å². The van der Waals surface area contributed by atoms with E-state index < -0.39 is 6.10 Å². The van der Waals surface area contributed by atoms with Gasteiger partial charge >= 0.3 is 0 Å². The SMILES string of the molecule is OC(CCl)Cc1coc2ccccc12.